The Kier molecular flexibility index (Phi) is 4.47. The molecule has 24 heavy (non-hydrogen) atoms. The minimum Gasteiger partial charge on any atom is -0.370 e. The van der Waals surface area contributed by atoms with E-state index < -0.39 is 0 Å². The second-order valence-corrected chi connectivity index (χ2v) is 7.74. The van der Waals surface area contributed by atoms with Gasteiger partial charge in [-0.15, -0.1) is 11.3 Å². The molecule has 0 amide bonds. The zero-order valence-electron chi connectivity index (χ0n) is 14.0. The summed E-state index contributed by atoms with van der Waals surface area (Å²) >= 11 is 1.72. The highest BCUT2D eigenvalue weighted by molar-refractivity contribution is 7.09. The third-order valence-electron chi connectivity index (χ3n) is 4.75. The molecule has 1 spiro atoms. The lowest BCUT2D eigenvalue weighted by molar-refractivity contribution is -0.0989. The topological polar surface area (TPSA) is 54.4 Å². The first-order chi connectivity index (χ1) is 11.7. The standard InChI is InChI=1S/C17H23N5OS/c1-14-20-15(11-24-14)10-21-7-2-4-17(12-21)13-22(8-9-23-17)16-18-5-3-6-19-16/h3,5-6,11H,2,4,7-10,12-13H2,1H3. The predicted octanol–water partition coefficient (Wildman–Crippen LogP) is 2.11. The van der Waals surface area contributed by atoms with E-state index in [0.29, 0.717) is 0 Å². The van der Waals surface area contributed by atoms with Crippen molar-refractivity contribution in [2.24, 2.45) is 0 Å². The van der Waals surface area contributed by atoms with Gasteiger partial charge >= 0.3 is 0 Å². The van der Waals surface area contributed by atoms with Crippen LogP contribution in [0.25, 0.3) is 0 Å². The number of nitrogens with zero attached hydrogens (tertiary/aromatic N) is 5. The van der Waals surface area contributed by atoms with Gasteiger partial charge in [0.15, 0.2) is 0 Å². The minimum absolute atomic E-state index is 0.110. The molecule has 0 aliphatic carbocycles. The summed E-state index contributed by atoms with van der Waals surface area (Å²) in [4.78, 5) is 18.2. The van der Waals surface area contributed by atoms with Crippen LogP contribution in [0.3, 0.4) is 0 Å². The second kappa shape index (κ2) is 6.74. The maximum Gasteiger partial charge on any atom is 0.225 e. The fourth-order valence-corrected chi connectivity index (χ4v) is 4.36. The van der Waals surface area contributed by atoms with Crippen molar-refractivity contribution in [2.45, 2.75) is 31.9 Å². The minimum atomic E-state index is -0.110. The molecular formula is C17H23N5OS. The van der Waals surface area contributed by atoms with Crippen molar-refractivity contribution in [2.75, 3.05) is 37.7 Å². The van der Waals surface area contributed by atoms with Crippen molar-refractivity contribution in [3.8, 4) is 0 Å². The van der Waals surface area contributed by atoms with Gasteiger partial charge in [-0.3, -0.25) is 4.90 Å². The van der Waals surface area contributed by atoms with Gasteiger partial charge in [-0.2, -0.15) is 0 Å². The van der Waals surface area contributed by atoms with Crippen molar-refractivity contribution in [1.29, 1.82) is 0 Å². The zero-order valence-corrected chi connectivity index (χ0v) is 14.8. The number of ether oxygens (including phenoxy) is 1. The molecule has 2 aliphatic heterocycles. The Morgan fingerprint density at radius 3 is 2.92 bits per heavy atom. The number of hydrogen-bond donors (Lipinski definition) is 0. The lowest BCUT2D eigenvalue weighted by Gasteiger charge is -2.48. The monoisotopic (exact) mass is 345 g/mol. The summed E-state index contributed by atoms with van der Waals surface area (Å²) in [5, 5.41) is 3.31. The Bertz CT molecular complexity index is 675. The molecule has 0 bridgehead atoms. The van der Waals surface area contributed by atoms with Crippen LogP contribution in [0.5, 0.6) is 0 Å². The summed E-state index contributed by atoms with van der Waals surface area (Å²) in [5.41, 5.74) is 1.06. The summed E-state index contributed by atoms with van der Waals surface area (Å²) in [7, 11) is 0. The van der Waals surface area contributed by atoms with Crippen LogP contribution >= 0.6 is 11.3 Å². The van der Waals surface area contributed by atoms with Crippen molar-refractivity contribution in [3.63, 3.8) is 0 Å². The average Bonchev–Trinajstić information content (AvgIpc) is 3.01. The molecule has 2 aromatic heterocycles. The molecule has 2 saturated heterocycles. The van der Waals surface area contributed by atoms with Crippen LogP contribution in [0.15, 0.2) is 23.8 Å². The molecule has 2 fully saturated rings. The molecule has 2 aliphatic rings. The van der Waals surface area contributed by atoms with Crippen LogP contribution in [0.4, 0.5) is 5.95 Å². The number of aromatic nitrogens is 3. The lowest BCUT2D eigenvalue weighted by Crippen LogP contribution is -2.60. The Balaban J connectivity index is 1.45. The van der Waals surface area contributed by atoms with E-state index in [1.807, 2.05) is 18.5 Å². The fourth-order valence-electron chi connectivity index (χ4n) is 3.75. The van der Waals surface area contributed by atoms with Crippen molar-refractivity contribution < 1.29 is 4.74 Å². The van der Waals surface area contributed by atoms with E-state index in [1.165, 1.54) is 5.69 Å². The number of thiazole rings is 1. The van der Waals surface area contributed by atoms with E-state index >= 15 is 0 Å². The smallest absolute Gasteiger partial charge is 0.225 e. The van der Waals surface area contributed by atoms with Gasteiger partial charge in [0.1, 0.15) is 0 Å². The average molecular weight is 345 g/mol. The van der Waals surface area contributed by atoms with Gasteiger partial charge in [0.05, 0.1) is 29.5 Å². The second-order valence-electron chi connectivity index (χ2n) is 6.67. The van der Waals surface area contributed by atoms with Crippen LogP contribution in [-0.2, 0) is 11.3 Å². The lowest BCUT2D eigenvalue weighted by atomic mass is 9.90. The van der Waals surface area contributed by atoms with E-state index in [2.05, 4.69) is 37.1 Å². The zero-order chi connectivity index (χ0) is 16.4. The van der Waals surface area contributed by atoms with Crippen LogP contribution in [0, 0.1) is 6.92 Å². The molecule has 0 saturated carbocycles. The maximum atomic E-state index is 6.27. The number of anilines is 1. The van der Waals surface area contributed by atoms with Gasteiger partial charge in [0, 0.05) is 37.4 Å². The number of likely N-dealkylation sites (tertiary alicyclic amines) is 1. The predicted molar refractivity (Wildman–Crippen MR) is 94.3 cm³/mol. The quantitative estimate of drug-likeness (QED) is 0.849. The van der Waals surface area contributed by atoms with Crippen LogP contribution in [-0.4, -0.2) is 58.2 Å². The van der Waals surface area contributed by atoms with Gasteiger partial charge < -0.3 is 9.64 Å². The van der Waals surface area contributed by atoms with Crippen molar-refractivity contribution >= 4 is 17.3 Å². The molecule has 128 valence electrons. The molecule has 0 aromatic carbocycles. The summed E-state index contributed by atoms with van der Waals surface area (Å²) in [6, 6.07) is 1.86. The van der Waals surface area contributed by atoms with Crippen molar-refractivity contribution in [3.05, 3.63) is 34.5 Å². The number of piperidine rings is 1. The van der Waals surface area contributed by atoms with Gasteiger partial charge in [0.2, 0.25) is 5.95 Å². The van der Waals surface area contributed by atoms with E-state index in [1.54, 1.807) is 11.3 Å². The molecule has 1 unspecified atom stereocenters. The molecule has 0 radical (unpaired) electrons. The first-order valence-corrected chi connectivity index (χ1v) is 9.40. The van der Waals surface area contributed by atoms with E-state index in [9.17, 15) is 0 Å². The van der Waals surface area contributed by atoms with Crippen LogP contribution < -0.4 is 4.90 Å². The highest BCUT2D eigenvalue weighted by Crippen LogP contribution is 2.31. The third kappa shape index (κ3) is 3.43. The van der Waals surface area contributed by atoms with Crippen LogP contribution in [0.1, 0.15) is 23.5 Å². The molecule has 2 aromatic rings. The number of hydrogen-bond acceptors (Lipinski definition) is 7. The van der Waals surface area contributed by atoms with Gasteiger partial charge in [-0.1, -0.05) is 0 Å². The Labute approximate surface area is 146 Å². The summed E-state index contributed by atoms with van der Waals surface area (Å²) in [6.07, 6.45) is 5.87. The Hall–Kier alpha value is -1.57. The summed E-state index contributed by atoms with van der Waals surface area (Å²) in [6.45, 7) is 7.50. The van der Waals surface area contributed by atoms with Crippen LogP contribution in [0.2, 0.25) is 0 Å². The Morgan fingerprint density at radius 1 is 1.25 bits per heavy atom. The maximum absolute atomic E-state index is 6.27. The first-order valence-electron chi connectivity index (χ1n) is 8.52. The van der Waals surface area contributed by atoms with E-state index in [4.69, 9.17) is 4.74 Å². The van der Waals surface area contributed by atoms with E-state index in [-0.39, 0.29) is 5.60 Å². The molecule has 4 rings (SSSR count). The summed E-state index contributed by atoms with van der Waals surface area (Å²) < 4.78 is 6.27. The molecule has 1 atom stereocenters. The van der Waals surface area contributed by atoms with Gasteiger partial charge in [-0.05, 0) is 32.4 Å². The van der Waals surface area contributed by atoms with Crippen molar-refractivity contribution in [1.82, 2.24) is 19.9 Å². The van der Waals surface area contributed by atoms with E-state index in [0.717, 1.165) is 63.1 Å². The highest BCUT2D eigenvalue weighted by atomic mass is 32.1. The number of morpholine rings is 1. The normalized spacial score (nSPS) is 25.3. The molecular weight excluding hydrogens is 322 g/mol. The van der Waals surface area contributed by atoms with Gasteiger partial charge in [-0.25, -0.2) is 15.0 Å². The highest BCUT2D eigenvalue weighted by Gasteiger charge is 2.41. The number of aryl methyl sites for hydroxylation is 1. The third-order valence-corrected chi connectivity index (χ3v) is 5.58. The number of rotatable bonds is 3. The Morgan fingerprint density at radius 2 is 2.12 bits per heavy atom. The molecule has 7 heteroatoms. The SMILES string of the molecule is Cc1nc(CN2CCCC3(C2)CN(c2ncccn2)CCO3)cs1. The largest absolute Gasteiger partial charge is 0.370 e. The fraction of sp³-hybridized carbons (Fsp3) is 0.588. The first kappa shape index (κ1) is 15.9. The molecule has 6 nitrogen and oxygen atoms in total. The molecule has 4 heterocycles. The summed E-state index contributed by atoms with van der Waals surface area (Å²) in [5.74, 6) is 0.812. The van der Waals surface area contributed by atoms with Gasteiger partial charge in [0.25, 0.3) is 0 Å². The molecule has 0 N–H and O–H groups in total.